The molecule has 1 fully saturated rings. The van der Waals surface area contributed by atoms with Gasteiger partial charge in [-0.3, -0.25) is 9.69 Å². The number of benzene rings is 1. The molecule has 0 aromatic heterocycles. The van der Waals surface area contributed by atoms with Crippen LogP contribution >= 0.6 is 0 Å². The molecule has 0 atom stereocenters. The van der Waals surface area contributed by atoms with E-state index in [-0.39, 0.29) is 17.4 Å². The molecule has 2 aliphatic rings. The van der Waals surface area contributed by atoms with Gasteiger partial charge in [-0.05, 0) is 68.8 Å². The lowest BCUT2D eigenvalue weighted by Crippen LogP contribution is -2.52. The first-order valence-electron chi connectivity index (χ1n) is 9.76. The summed E-state index contributed by atoms with van der Waals surface area (Å²) in [6.07, 6.45) is 4.73. The number of carbonyl (C=O) groups excluding carboxylic acids is 1. The molecule has 0 N–H and O–H groups in total. The molecule has 1 saturated carbocycles. The number of hydrogen-bond donors (Lipinski definition) is 0. The highest BCUT2D eigenvalue weighted by atomic mass is 16.5. The Labute approximate surface area is 156 Å². The third-order valence-electron chi connectivity index (χ3n) is 6.18. The number of ether oxygens (including phenoxy) is 3. The molecule has 1 spiro atoms. The van der Waals surface area contributed by atoms with Crippen LogP contribution < -0.4 is 9.47 Å². The molecule has 0 saturated heterocycles. The summed E-state index contributed by atoms with van der Waals surface area (Å²) in [7, 11) is 3.38. The fraction of sp³-hybridized carbons (Fsp3) is 0.667. The lowest BCUT2D eigenvalue weighted by molar-refractivity contribution is -0.150. The summed E-state index contributed by atoms with van der Waals surface area (Å²) in [5.41, 5.74) is 2.69. The summed E-state index contributed by atoms with van der Waals surface area (Å²) in [5.74, 6) is 1.58. The molecule has 5 heteroatoms. The Morgan fingerprint density at radius 2 is 1.81 bits per heavy atom. The zero-order valence-corrected chi connectivity index (χ0v) is 16.5. The average Bonchev–Trinajstić information content (AvgIpc) is 2.68. The summed E-state index contributed by atoms with van der Waals surface area (Å²) in [6, 6.07) is 4.31. The molecule has 0 unspecified atom stereocenters. The number of carbonyl (C=O) groups is 1. The zero-order chi connectivity index (χ0) is 18.7. The number of hydrogen-bond acceptors (Lipinski definition) is 5. The molecule has 3 rings (SSSR count). The number of likely N-dealkylation sites (N-methyl/N-ethyl adjacent to an activating group) is 1. The Morgan fingerprint density at radius 3 is 2.38 bits per heavy atom. The van der Waals surface area contributed by atoms with Crippen LogP contribution in [0.25, 0.3) is 0 Å². The number of nitrogens with zero attached hydrogens (tertiary/aromatic N) is 1. The van der Waals surface area contributed by atoms with Gasteiger partial charge < -0.3 is 14.2 Å². The number of methoxy groups -OCH3 is 2. The molecule has 1 aliphatic carbocycles. The van der Waals surface area contributed by atoms with Crippen LogP contribution in [0.2, 0.25) is 0 Å². The van der Waals surface area contributed by atoms with Crippen molar-refractivity contribution >= 4 is 5.97 Å². The normalized spacial score (nSPS) is 25.6. The van der Waals surface area contributed by atoms with Crippen molar-refractivity contribution in [1.29, 1.82) is 0 Å². The zero-order valence-electron chi connectivity index (χ0n) is 16.5. The molecule has 26 heavy (non-hydrogen) atoms. The van der Waals surface area contributed by atoms with Crippen molar-refractivity contribution < 1.29 is 19.0 Å². The predicted molar refractivity (Wildman–Crippen MR) is 101 cm³/mol. The van der Waals surface area contributed by atoms with Gasteiger partial charge in [0, 0.05) is 12.1 Å². The van der Waals surface area contributed by atoms with Crippen LogP contribution in [0.1, 0.15) is 50.7 Å². The van der Waals surface area contributed by atoms with Crippen LogP contribution in [0, 0.1) is 5.92 Å². The largest absolute Gasteiger partial charge is 0.493 e. The van der Waals surface area contributed by atoms with Crippen molar-refractivity contribution in [2.75, 3.05) is 33.9 Å². The van der Waals surface area contributed by atoms with Crippen LogP contribution in [-0.2, 0) is 21.5 Å². The van der Waals surface area contributed by atoms with E-state index in [0.717, 1.165) is 56.7 Å². The van der Waals surface area contributed by atoms with Gasteiger partial charge in [-0.25, -0.2) is 0 Å². The van der Waals surface area contributed by atoms with Gasteiger partial charge in [0.1, 0.15) is 0 Å². The van der Waals surface area contributed by atoms with E-state index >= 15 is 0 Å². The first kappa shape index (κ1) is 19.0. The molecule has 0 amide bonds. The third-order valence-corrected chi connectivity index (χ3v) is 6.18. The second-order valence-electron chi connectivity index (χ2n) is 7.25. The Kier molecular flexibility index (Phi) is 5.76. The molecule has 144 valence electrons. The van der Waals surface area contributed by atoms with E-state index in [4.69, 9.17) is 14.2 Å². The smallest absolute Gasteiger partial charge is 0.308 e. The third kappa shape index (κ3) is 3.18. The van der Waals surface area contributed by atoms with Gasteiger partial charge in [0.15, 0.2) is 11.5 Å². The van der Waals surface area contributed by atoms with Gasteiger partial charge in [0.2, 0.25) is 0 Å². The van der Waals surface area contributed by atoms with Crippen LogP contribution in [0.5, 0.6) is 11.5 Å². The average molecular weight is 361 g/mol. The van der Waals surface area contributed by atoms with E-state index in [1.165, 1.54) is 11.1 Å². The predicted octanol–water partition coefficient (Wildman–Crippen LogP) is 3.53. The Hall–Kier alpha value is -1.75. The SMILES string of the molecule is CCOC(=O)C1CCC2(CC1)c1cc(OC)c(OC)cc1CCN2CC. The summed E-state index contributed by atoms with van der Waals surface area (Å²) in [4.78, 5) is 14.8. The van der Waals surface area contributed by atoms with E-state index in [2.05, 4.69) is 24.0 Å². The molecule has 1 aromatic carbocycles. The van der Waals surface area contributed by atoms with Crippen LogP contribution in [0.4, 0.5) is 0 Å². The van der Waals surface area contributed by atoms with Crippen molar-refractivity contribution in [3.63, 3.8) is 0 Å². The minimum atomic E-state index is -0.0336. The summed E-state index contributed by atoms with van der Waals surface area (Å²) in [5, 5.41) is 0. The van der Waals surface area contributed by atoms with Crippen LogP contribution in [0.15, 0.2) is 12.1 Å². The van der Waals surface area contributed by atoms with E-state index in [0.29, 0.717) is 6.61 Å². The van der Waals surface area contributed by atoms with Gasteiger partial charge in [-0.15, -0.1) is 0 Å². The number of fused-ring (bicyclic) bond motifs is 2. The van der Waals surface area contributed by atoms with Gasteiger partial charge in [0.25, 0.3) is 0 Å². The Balaban J connectivity index is 1.95. The van der Waals surface area contributed by atoms with Crippen molar-refractivity contribution in [3.8, 4) is 11.5 Å². The molecular weight excluding hydrogens is 330 g/mol. The van der Waals surface area contributed by atoms with E-state index in [1.807, 2.05) is 6.92 Å². The number of esters is 1. The molecule has 1 aromatic rings. The van der Waals surface area contributed by atoms with E-state index in [9.17, 15) is 4.79 Å². The first-order chi connectivity index (χ1) is 12.6. The Morgan fingerprint density at radius 1 is 1.15 bits per heavy atom. The van der Waals surface area contributed by atoms with Gasteiger partial charge in [0.05, 0.1) is 26.7 Å². The summed E-state index contributed by atoms with van der Waals surface area (Å²) < 4.78 is 16.3. The van der Waals surface area contributed by atoms with E-state index in [1.54, 1.807) is 14.2 Å². The van der Waals surface area contributed by atoms with Crippen LogP contribution in [-0.4, -0.2) is 44.8 Å². The maximum atomic E-state index is 12.2. The summed E-state index contributed by atoms with van der Waals surface area (Å²) in [6.45, 7) is 6.62. The lowest BCUT2D eigenvalue weighted by atomic mass is 9.68. The fourth-order valence-electron chi connectivity index (χ4n) is 4.84. The van der Waals surface area contributed by atoms with Crippen LogP contribution in [0.3, 0.4) is 0 Å². The minimum absolute atomic E-state index is 0.00905. The van der Waals surface area contributed by atoms with Crippen molar-refractivity contribution in [2.45, 2.75) is 51.5 Å². The maximum absolute atomic E-state index is 12.2. The number of rotatable bonds is 5. The minimum Gasteiger partial charge on any atom is -0.493 e. The highest BCUT2D eigenvalue weighted by molar-refractivity contribution is 5.72. The van der Waals surface area contributed by atoms with Crippen molar-refractivity contribution in [1.82, 2.24) is 4.90 Å². The van der Waals surface area contributed by atoms with E-state index < -0.39 is 0 Å². The van der Waals surface area contributed by atoms with Crippen molar-refractivity contribution in [2.24, 2.45) is 5.92 Å². The highest BCUT2D eigenvalue weighted by Gasteiger charge is 2.46. The Bertz CT molecular complexity index is 650. The molecule has 1 aliphatic heterocycles. The quantitative estimate of drug-likeness (QED) is 0.751. The van der Waals surface area contributed by atoms with Crippen molar-refractivity contribution in [3.05, 3.63) is 23.3 Å². The highest BCUT2D eigenvalue weighted by Crippen LogP contribution is 2.49. The second-order valence-corrected chi connectivity index (χ2v) is 7.25. The summed E-state index contributed by atoms with van der Waals surface area (Å²) >= 11 is 0. The second kappa shape index (κ2) is 7.87. The van der Waals surface area contributed by atoms with Gasteiger partial charge >= 0.3 is 5.97 Å². The molecule has 5 nitrogen and oxygen atoms in total. The first-order valence-corrected chi connectivity index (χ1v) is 9.76. The maximum Gasteiger partial charge on any atom is 0.308 e. The molecule has 0 bridgehead atoms. The molecule has 0 radical (unpaired) electrons. The molecular formula is C21H31NO4. The molecule has 1 heterocycles. The lowest BCUT2D eigenvalue weighted by Gasteiger charge is -2.51. The topological polar surface area (TPSA) is 48.0 Å². The standard InChI is InChI=1S/C21H31NO4/c1-5-22-12-9-16-13-18(24-3)19(25-4)14-17(16)21(22)10-7-15(8-11-21)20(23)26-6-2/h13-15H,5-12H2,1-4H3. The monoisotopic (exact) mass is 361 g/mol. The fourth-order valence-corrected chi connectivity index (χ4v) is 4.84. The van der Waals surface area contributed by atoms with Gasteiger partial charge in [-0.2, -0.15) is 0 Å². The van der Waals surface area contributed by atoms with Gasteiger partial charge in [-0.1, -0.05) is 6.92 Å².